The van der Waals surface area contributed by atoms with Crippen LogP contribution in [0.4, 0.5) is 0 Å². The zero-order valence-corrected chi connectivity index (χ0v) is 19.0. The van der Waals surface area contributed by atoms with Crippen molar-refractivity contribution in [2.24, 2.45) is 16.2 Å². The van der Waals surface area contributed by atoms with Gasteiger partial charge in [-0.1, -0.05) is 6.92 Å². The average Bonchev–Trinajstić information content (AvgIpc) is 3.30. The second-order valence-corrected chi connectivity index (χ2v) is 11.3. The van der Waals surface area contributed by atoms with Gasteiger partial charge in [-0.2, -0.15) is 4.36 Å². The van der Waals surface area contributed by atoms with Gasteiger partial charge >= 0.3 is 0 Å². The van der Waals surface area contributed by atoms with Crippen molar-refractivity contribution in [3.63, 3.8) is 0 Å². The maximum absolute atomic E-state index is 13.3. The number of amides is 2. The smallest absolute Gasteiger partial charge is 0.285 e. The van der Waals surface area contributed by atoms with Crippen molar-refractivity contribution < 1.29 is 23.2 Å². The minimum absolute atomic E-state index is 0.0629. The van der Waals surface area contributed by atoms with Gasteiger partial charge < -0.3 is 9.64 Å². The molecule has 2 aliphatic heterocycles. The molecule has 0 radical (unpaired) electrons. The number of hydrogen-bond donors (Lipinski definition) is 0. The lowest BCUT2D eigenvalue weighted by Gasteiger charge is -2.35. The molecular formula is C21H28N4O5S. The van der Waals surface area contributed by atoms with Crippen LogP contribution in [0.25, 0.3) is 11.0 Å². The van der Waals surface area contributed by atoms with Gasteiger partial charge in [0.2, 0.25) is 5.91 Å². The molecule has 2 fully saturated rings. The SMILES string of the molecule is CC1OC(C)C(C(=O)N2CCC(S(C)(=O)=NC(=O)c3ccc4nonc4c3)CC2)C1C. The third-order valence-electron chi connectivity index (χ3n) is 6.66. The Morgan fingerprint density at radius 3 is 2.42 bits per heavy atom. The molecule has 0 N–H and O–H groups in total. The summed E-state index contributed by atoms with van der Waals surface area (Å²) in [7, 11) is -2.77. The van der Waals surface area contributed by atoms with Gasteiger partial charge in [-0.3, -0.25) is 9.59 Å². The van der Waals surface area contributed by atoms with Gasteiger partial charge in [-0.05, 0) is 61.1 Å². The van der Waals surface area contributed by atoms with E-state index in [4.69, 9.17) is 4.74 Å². The van der Waals surface area contributed by atoms with Crippen LogP contribution in [0.1, 0.15) is 44.0 Å². The van der Waals surface area contributed by atoms with E-state index in [0.29, 0.717) is 42.5 Å². The third kappa shape index (κ3) is 4.23. The fraction of sp³-hybridized carbons (Fsp3) is 0.619. The molecule has 0 aliphatic carbocycles. The van der Waals surface area contributed by atoms with Crippen molar-refractivity contribution in [1.82, 2.24) is 15.2 Å². The lowest BCUT2D eigenvalue weighted by molar-refractivity contribution is -0.138. The minimum atomic E-state index is -2.77. The molecular weight excluding hydrogens is 420 g/mol. The third-order valence-corrected chi connectivity index (χ3v) is 8.90. The summed E-state index contributed by atoms with van der Waals surface area (Å²) in [6.45, 7) is 7.03. The van der Waals surface area contributed by atoms with Crippen LogP contribution in [0.15, 0.2) is 27.2 Å². The summed E-state index contributed by atoms with van der Waals surface area (Å²) in [6.07, 6.45) is 2.59. The van der Waals surface area contributed by atoms with Crippen LogP contribution in [0.3, 0.4) is 0 Å². The number of aromatic nitrogens is 2. The molecule has 168 valence electrons. The highest BCUT2D eigenvalue weighted by Crippen LogP contribution is 2.34. The van der Waals surface area contributed by atoms with E-state index in [2.05, 4.69) is 26.2 Å². The molecule has 2 aromatic rings. The summed E-state index contributed by atoms with van der Waals surface area (Å²) in [5, 5.41) is 7.18. The van der Waals surface area contributed by atoms with Crippen LogP contribution in [0.2, 0.25) is 0 Å². The number of fused-ring (bicyclic) bond motifs is 1. The standard InChI is InChI=1S/C21H28N4O5S/c1-12-13(2)29-14(3)19(12)21(27)25-9-7-16(8-10-25)31(4,28)24-20(26)15-5-6-17-18(11-15)23-30-22-17/h5-6,11-14,16,19H,7-10H2,1-4H3. The number of nitrogens with zero attached hydrogens (tertiary/aromatic N) is 4. The summed E-state index contributed by atoms with van der Waals surface area (Å²) in [5.41, 5.74) is 1.28. The number of carbonyl (C=O) groups excluding carboxylic acids is 2. The number of likely N-dealkylation sites (tertiary alicyclic amines) is 1. The molecule has 5 atom stereocenters. The van der Waals surface area contributed by atoms with Crippen molar-refractivity contribution in [3.8, 4) is 0 Å². The van der Waals surface area contributed by atoms with Gasteiger partial charge in [0.25, 0.3) is 5.91 Å². The monoisotopic (exact) mass is 448 g/mol. The van der Waals surface area contributed by atoms with Gasteiger partial charge in [0.15, 0.2) is 0 Å². The lowest BCUT2D eigenvalue weighted by Crippen LogP contribution is -2.47. The Balaban J connectivity index is 1.43. The number of ether oxygens (including phenoxy) is 1. The normalized spacial score (nSPS) is 29.1. The Kier molecular flexibility index (Phi) is 5.87. The van der Waals surface area contributed by atoms with E-state index in [-0.39, 0.29) is 35.2 Å². The summed E-state index contributed by atoms with van der Waals surface area (Å²) in [4.78, 5) is 27.5. The van der Waals surface area contributed by atoms with E-state index in [0.717, 1.165) is 0 Å². The highest BCUT2D eigenvalue weighted by Gasteiger charge is 2.44. The van der Waals surface area contributed by atoms with Crippen LogP contribution in [0.5, 0.6) is 0 Å². The minimum Gasteiger partial charge on any atom is -0.374 e. The molecule has 5 unspecified atom stereocenters. The van der Waals surface area contributed by atoms with E-state index in [1.165, 1.54) is 12.3 Å². The first-order chi connectivity index (χ1) is 14.7. The van der Waals surface area contributed by atoms with Gasteiger partial charge in [0, 0.05) is 30.2 Å². The van der Waals surface area contributed by atoms with Crippen molar-refractivity contribution in [3.05, 3.63) is 23.8 Å². The molecule has 0 bridgehead atoms. The van der Waals surface area contributed by atoms with Crippen LogP contribution >= 0.6 is 0 Å². The number of piperidine rings is 1. The molecule has 0 spiro atoms. The van der Waals surface area contributed by atoms with Crippen molar-refractivity contribution in [1.29, 1.82) is 0 Å². The summed E-state index contributed by atoms with van der Waals surface area (Å²) in [5.74, 6) is -0.422. The zero-order chi connectivity index (χ0) is 22.3. The molecule has 3 heterocycles. The highest BCUT2D eigenvalue weighted by atomic mass is 32.2. The quantitative estimate of drug-likeness (QED) is 0.708. The largest absolute Gasteiger partial charge is 0.374 e. The molecule has 31 heavy (non-hydrogen) atoms. The molecule has 0 saturated carbocycles. The first-order valence-electron chi connectivity index (χ1n) is 10.6. The van der Waals surface area contributed by atoms with Gasteiger partial charge in [0.05, 0.1) is 27.9 Å². The van der Waals surface area contributed by atoms with E-state index in [1.807, 2.05) is 18.7 Å². The van der Waals surface area contributed by atoms with E-state index < -0.39 is 15.6 Å². The summed E-state index contributed by atoms with van der Waals surface area (Å²) in [6, 6.07) is 4.72. The molecule has 1 aromatic carbocycles. The van der Waals surface area contributed by atoms with Crippen LogP contribution in [0, 0.1) is 11.8 Å². The fourth-order valence-corrected chi connectivity index (χ4v) is 6.29. The van der Waals surface area contributed by atoms with E-state index in [1.54, 1.807) is 12.1 Å². The van der Waals surface area contributed by atoms with Crippen molar-refractivity contribution in [2.45, 2.75) is 51.1 Å². The van der Waals surface area contributed by atoms with Crippen molar-refractivity contribution in [2.75, 3.05) is 19.3 Å². The van der Waals surface area contributed by atoms with E-state index >= 15 is 0 Å². The molecule has 9 nitrogen and oxygen atoms in total. The maximum atomic E-state index is 13.3. The lowest BCUT2D eigenvalue weighted by atomic mass is 9.88. The fourth-order valence-electron chi connectivity index (χ4n) is 4.62. The number of hydrogen-bond acceptors (Lipinski definition) is 7. The summed E-state index contributed by atoms with van der Waals surface area (Å²) >= 11 is 0. The maximum Gasteiger partial charge on any atom is 0.285 e. The molecule has 4 rings (SSSR count). The van der Waals surface area contributed by atoms with Gasteiger partial charge in [-0.15, -0.1) is 0 Å². The van der Waals surface area contributed by atoms with Gasteiger partial charge in [-0.25, -0.2) is 8.84 Å². The number of benzene rings is 1. The molecule has 1 aromatic heterocycles. The Hall–Kier alpha value is -2.33. The second-order valence-electron chi connectivity index (χ2n) is 8.68. The molecule has 2 saturated heterocycles. The van der Waals surface area contributed by atoms with Crippen molar-refractivity contribution >= 4 is 32.6 Å². The average molecular weight is 449 g/mol. The predicted molar refractivity (Wildman–Crippen MR) is 115 cm³/mol. The van der Waals surface area contributed by atoms with Gasteiger partial charge in [0.1, 0.15) is 11.0 Å². The first kappa shape index (κ1) is 21.9. The highest BCUT2D eigenvalue weighted by molar-refractivity contribution is 7.93. The van der Waals surface area contributed by atoms with E-state index in [9.17, 15) is 13.8 Å². The predicted octanol–water partition coefficient (Wildman–Crippen LogP) is 2.51. The Morgan fingerprint density at radius 1 is 1.10 bits per heavy atom. The van der Waals surface area contributed by atoms with Crippen LogP contribution < -0.4 is 0 Å². The molecule has 2 amide bonds. The second kappa shape index (κ2) is 8.31. The topological polar surface area (TPSA) is 115 Å². The Bertz CT molecular complexity index is 1110. The molecule has 10 heteroatoms. The molecule has 2 aliphatic rings. The number of rotatable bonds is 3. The zero-order valence-electron chi connectivity index (χ0n) is 18.2. The Labute approximate surface area is 181 Å². The first-order valence-corrected chi connectivity index (χ1v) is 12.6. The Morgan fingerprint density at radius 2 is 1.77 bits per heavy atom. The van der Waals surface area contributed by atoms with Crippen LogP contribution in [-0.2, 0) is 19.3 Å². The van der Waals surface area contributed by atoms with Crippen LogP contribution in [-0.4, -0.2) is 68.0 Å². The summed E-state index contributed by atoms with van der Waals surface area (Å²) < 4.78 is 27.8. The number of carbonyl (C=O) groups is 2.